The van der Waals surface area contributed by atoms with Gasteiger partial charge in [0, 0.05) is 24.9 Å². The quantitative estimate of drug-likeness (QED) is 0.854. The van der Waals surface area contributed by atoms with Crippen LogP contribution in [0.1, 0.15) is 17.1 Å². The molecule has 0 saturated heterocycles. The first-order chi connectivity index (χ1) is 7.70. The predicted molar refractivity (Wildman–Crippen MR) is 60.0 cm³/mol. The van der Waals surface area contributed by atoms with E-state index in [0.29, 0.717) is 12.3 Å². The first-order valence-electron chi connectivity index (χ1n) is 5.21. The van der Waals surface area contributed by atoms with Crippen LogP contribution in [0.2, 0.25) is 0 Å². The zero-order valence-electron chi connectivity index (χ0n) is 9.40. The Morgan fingerprint density at radius 1 is 1.31 bits per heavy atom. The van der Waals surface area contributed by atoms with E-state index in [2.05, 4.69) is 9.97 Å². The van der Waals surface area contributed by atoms with Gasteiger partial charge in [-0.15, -0.1) is 0 Å². The molecule has 0 fully saturated rings. The molecule has 0 aliphatic rings. The van der Waals surface area contributed by atoms with Gasteiger partial charge in [0.15, 0.2) is 0 Å². The van der Waals surface area contributed by atoms with E-state index in [1.807, 2.05) is 26.0 Å². The molecule has 0 atom stereocenters. The minimum atomic E-state index is 0.0823. The van der Waals surface area contributed by atoms with Crippen LogP contribution in [-0.2, 0) is 6.42 Å². The Kier molecular flexibility index (Phi) is 3.01. The summed E-state index contributed by atoms with van der Waals surface area (Å²) in [6.45, 7) is 3.86. The summed E-state index contributed by atoms with van der Waals surface area (Å²) in [4.78, 5) is 8.52. The van der Waals surface area contributed by atoms with Crippen molar-refractivity contribution in [3.05, 3.63) is 35.5 Å². The Morgan fingerprint density at radius 2 is 2.12 bits per heavy atom. The number of aryl methyl sites for hydroxylation is 2. The number of nitrogens with zero attached hydrogens (tertiary/aromatic N) is 2. The van der Waals surface area contributed by atoms with Gasteiger partial charge in [0.25, 0.3) is 0 Å². The lowest BCUT2D eigenvalue weighted by atomic mass is 10.2. The summed E-state index contributed by atoms with van der Waals surface area (Å²) in [7, 11) is 0. The van der Waals surface area contributed by atoms with Crippen LogP contribution in [0.4, 0.5) is 0 Å². The average Bonchev–Trinajstić information content (AvgIpc) is 2.62. The van der Waals surface area contributed by atoms with Gasteiger partial charge in [0.05, 0.1) is 11.3 Å². The molecule has 16 heavy (non-hydrogen) atoms. The number of oxazole rings is 1. The fourth-order valence-corrected chi connectivity index (χ4v) is 1.48. The maximum Gasteiger partial charge on any atom is 0.228 e. The van der Waals surface area contributed by atoms with Crippen molar-refractivity contribution in [1.82, 2.24) is 9.97 Å². The fraction of sp³-hybridized carbons (Fsp3) is 0.333. The number of aliphatic hydroxyl groups excluding tert-OH is 1. The van der Waals surface area contributed by atoms with Crippen LogP contribution in [0.5, 0.6) is 0 Å². The number of hydrogen-bond acceptors (Lipinski definition) is 4. The monoisotopic (exact) mass is 218 g/mol. The van der Waals surface area contributed by atoms with E-state index in [9.17, 15) is 0 Å². The summed E-state index contributed by atoms with van der Waals surface area (Å²) >= 11 is 0. The highest BCUT2D eigenvalue weighted by atomic mass is 16.4. The van der Waals surface area contributed by atoms with E-state index in [4.69, 9.17) is 9.52 Å². The number of aliphatic hydroxyl groups is 1. The second-order valence-electron chi connectivity index (χ2n) is 3.68. The summed E-state index contributed by atoms with van der Waals surface area (Å²) < 4.78 is 5.53. The molecule has 0 bridgehead atoms. The molecule has 2 rings (SSSR count). The largest absolute Gasteiger partial charge is 0.441 e. The number of hydrogen-bond donors (Lipinski definition) is 1. The van der Waals surface area contributed by atoms with Crippen LogP contribution < -0.4 is 0 Å². The lowest BCUT2D eigenvalue weighted by molar-refractivity contribution is 0.297. The average molecular weight is 218 g/mol. The molecule has 0 unspecified atom stereocenters. The van der Waals surface area contributed by atoms with Gasteiger partial charge >= 0.3 is 0 Å². The summed E-state index contributed by atoms with van der Waals surface area (Å²) in [6, 6.07) is 3.84. The minimum absolute atomic E-state index is 0.0823. The third kappa shape index (κ3) is 2.12. The number of pyridine rings is 1. The van der Waals surface area contributed by atoms with Crippen molar-refractivity contribution in [2.24, 2.45) is 0 Å². The Morgan fingerprint density at radius 3 is 2.75 bits per heavy atom. The van der Waals surface area contributed by atoms with Gasteiger partial charge in [-0.1, -0.05) is 0 Å². The number of aromatic nitrogens is 2. The second kappa shape index (κ2) is 4.45. The lowest BCUT2D eigenvalue weighted by Crippen LogP contribution is -1.92. The van der Waals surface area contributed by atoms with Crippen molar-refractivity contribution >= 4 is 0 Å². The molecule has 0 aliphatic heterocycles. The van der Waals surface area contributed by atoms with Crippen molar-refractivity contribution in [2.75, 3.05) is 6.61 Å². The van der Waals surface area contributed by atoms with E-state index in [1.54, 1.807) is 6.20 Å². The molecular formula is C12H14N2O2. The van der Waals surface area contributed by atoms with E-state index < -0.39 is 0 Å². The molecule has 0 radical (unpaired) electrons. The summed E-state index contributed by atoms with van der Waals surface area (Å²) in [6.07, 6.45) is 2.26. The fourth-order valence-electron chi connectivity index (χ4n) is 1.48. The molecule has 4 heteroatoms. The highest BCUT2D eigenvalue weighted by Gasteiger charge is 2.10. The Labute approximate surface area is 94.0 Å². The van der Waals surface area contributed by atoms with Gasteiger partial charge in [-0.05, 0) is 26.0 Å². The molecular weight excluding hydrogens is 204 g/mol. The van der Waals surface area contributed by atoms with Gasteiger partial charge < -0.3 is 9.52 Å². The molecule has 0 spiro atoms. The van der Waals surface area contributed by atoms with Crippen molar-refractivity contribution in [2.45, 2.75) is 20.3 Å². The van der Waals surface area contributed by atoms with E-state index in [0.717, 1.165) is 22.7 Å². The first kappa shape index (κ1) is 10.8. The molecule has 2 heterocycles. The first-order valence-corrected chi connectivity index (χ1v) is 5.21. The highest BCUT2D eigenvalue weighted by Crippen LogP contribution is 2.21. The standard InChI is InChI=1S/C12H14N2O2/c1-8-3-4-10(7-13-8)12-14-11(5-6-15)9(2)16-12/h3-4,7,15H,5-6H2,1-2H3. The molecule has 0 saturated carbocycles. The summed E-state index contributed by atoms with van der Waals surface area (Å²) in [5.41, 5.74) is 2.62. The Hall–Kier alpha value is -1.68. The predicted octanol–water partition coefficient (Wildman–Crippen LogP) is 1.89. The van der Waals surface area contributed by atoms with Crippen LogP contribution >= 0.6 is 0 Å². The topological polar surface area (TPSA) is 59.2 Å². The van der Waals surface area contributed by atoms with Gasteiger partial charge in [0.2, 0.25) is 5.89 Å². The Balaban J connectivity index is 2.33. The van der Waals surface area contributed by atoms with Crippen LogP contribution in [0, 0.1) is 13.8 Å². The molecule has 2 aromatic heterocycles. The zero-order chi connectivity index (χ0) is 11.5. The smallest absolute Gasteiger partial charge is 0.228 e. The highest BCUT2D eigenvalue weighted by molar-refractivity contribution is 5.52. The van der Waals surface area contributed by atoms with Gasteiger partial charge in [-0.25, -0.2) is 4.98 Å². The van der Waals surface area contributed by atoms with Crippen molar-refractivity contribution in [3.8, 4) is 11.5 Å². The zero-order valence-corrected chi connectivity index (χ0v) is 9.40. The van der Waals surface area contributed by atoms with Crippen LogP contribution in [0.25, 0.3) is 11.5 Å². The second-order valence-corrected chi connectivity index (χ2v) is 3.68. The Bertz CT molecular complexity index is 474. The summed E-state index contributed by atoms with van der Waals surface area (Å²) in [5.74, 6) is 1.32. The molecule has 84 valence electrons. The van der Waals surface area contributed by atoms with Gasteiger partial charge in [0.1, 0.15) is 5.76 Å². The molecule has 0 aliphatic carbocycles. The maximum atomic E-state index is 8.87. The molecule has 0 amide bonds. The van der Waals surface area contributed by atoms with Crippen molar-refractivity contribution in [1.29, 1.82) is 0 Å². The third-order valence-electron chi connectivity index (χ3n) is 2.40. The minimum Gasteiger partial charge on any atom is -0.441 e. The van der Waals surface area contributed by atoms with Crippen molar-refractivity contribution < 1.29 is 9.52 Å². The lowest BCUT2D eigenvalue weighted by Gasteiger charge is -1.94. The molecule has 2 aromatic rings. The normalized spacial score (nSPS) is 10.7. The third-order valence-corrected chi connectivity index (χ3v) is 2.40. The van der Waals surface area contributed by atoms with E-state index in [-0.39, 0.29) is 6.61 Å². The van der Waals surface area contributed by atoms with Gasteiger partial charge in [-0.3, -0.25) is 4.98 Å². The SMILES string of the molecule is Cc1ccc(-c2nc(CCO)c(C)o2)cn1. The van der Waals surface area contributed by atoms with Crippen LogP contribution in [0.15, 0.2) is 22.7 Å². The van der Waals surface area contributed by atoms with Crippen molar-refractivity contribution in [3.63, 3.8) is 0 Å². The van der Waals surface area contributed by atoms with Crippen LogP contribution in [0.3, 0.4) is 0 Å². The maximum absolute atomic E-state index is 8.87. The van der Waals surface area contributed by atoms with E-state index >= 15 is 0 Å². The molecule has 0 aromatic carbocycles. The molecule has 4 nitrogen and oxygen atoms in total. The van der Waals surface area contributed by atoms with Gasteiger partial charge in [-0.2, -0.15) is 0 Å². The van der Waals surface area contributed by atoms with E-state index in [1.165, 1.54) is 0 Å². The summed E-state index contributed by atoms with van der Waals surface area (Å²) in [5, 5.41) is 8.87. The van der Waals surface area contributed by atoms with Crippen LogP contribution in [-0.4, -0.2) is 21.7 Å². The number of rotatable bonds is 3. The molecule has 1 N–H and O–H groups in total.